The second-order valence-corrected chi connectivity index (χ2v) is 10.9. The van der Waals surface area contributed by atoms with Crippen molar-refractivity contribution < 1.29 is 4.79 Å². The summed E-state index contributed by atoms with van der Waals surface area (Å²) >= 11 is 0. The highest BCUT2D eigenvalue weighted by molar-refractivity contribution is 5.86. The number of fused-ring (bicyclic) bond motifs is 3. The van der Waals surface area contributed by atoms with Gasteiger partial charge in [-0.25, -0.2) is 0 Å². The largest absolute Gasteiger partial charge is 0.318 e. The smallest absolute Gasteiger partial charge is 0.150 e. The molecule has 3 aliphatic carbocycles. The first-order chi connectivity index (χ1) is 15.8. The number of allylic oxidation sites excluding steroid dienone is 6. The normalized spacial score (nSPS) is 25.1. The number of carbonyl (C=O) groups is 1. The molecule has 3 aliphatic rings. The lowest BCUT2D eigenvalue weighted by Gasteiger charge is -2.38. The maximum absolute atomic E-state index is 11.4. The van der Waals surface area contributed by atoms with Gasteiger partial charge in [0.05, 0.1) is 0 Å². The minimum absolute atomic E-state index is 0.138. The van der Waals surface area contributed by atoms with E-state index in [1.54, 1.807) is 0 Å². The topological polar surface area (TPSA) is 20.3 Å². The molecule has 2 aromatic carbocycles. The van der Waals surface area contributed by atoms with E-state index in [0.29, 0.717) is 11.8 Å². The van der Waals surface area contributed by atoms with Crippen LogP contribution in [0, 0.1) is 17.8 Å². The number of rotatable bonds is 4. The van der Waals surface area contributed by atoms with Crippen molar-refractivity contribution in [2.45, 2.75) is 59.3 Å². The molecule has 3 unspecified atom stereocenters. The fourth-order valence-corrected chi connectivity index (χ4v) is 5.82. The van der Waals surface area contributed by atoms with Crippen molar-refractivity contribution in [3.63, 3.8) is 0 Å². The monoisotopic (exact) mass is 437 g/mol. The number of benzene rings is 2. The van der Waals surface area contributed by atoms with Gasteiger partial charge in [0, 0.05) is 34.0 Å². The zero-order valence-electron chi connectivity index (χ0n) is 20.6. The van der Waals surface area contributed by atoms with E-state index in [1.165, 1.54) is 39.3 Å². The zero-order valence-corrected chi connectivity index (χ0v) is 20.6. The molecule has 0 fully saturated rings. The Kier molecular flexibility index (Phi) is 5.43. The second kappa shape index (κ2) is 8.17. The van der Waals surface area contributed by atoms with E-state index >= 15 is 0 Å². The third kappa shape index (κ3) is 3.60. The first-order valence-electron chi connectivity index (χ1n) is 12.4. The van der Waals surface area contributed by atoms with Gasteiger partial charge in [0.2, 0.25) is 0 Å². The molecule has 0 saturated carbocycles. The first-order valence-corrected chi connectivity index (χ1v) is 12.4. The van der Waals surface area contributed by atoms with Gasteiger partial charge >= 0.3 is 0 Å². The maximum Gasteiger partial charge on any atom is 0.150 e. The summed E-state index contributed by atoms with van der Waals surface area (Å²) < 4.78 is 0. The van der Waals surface area contributed by atoms with E-state index in [2.05, 4.69) is 94.2 Å². The lowest BCUT2D eigenvalue weighted by atomic mass is 9.81. The molecule has 2 nitrogen and oxygen atoms in total. The third-order valence-corrected chi connectivity index (χ3v) is 8.25. The fraction of sp³-hybridized carbons (Fsp3) is 0.387. The van der Waals surface area contributed by atoms with Crippen LogP contribution in [0.3, 0.4) is 0 Å². The van der Waals surface area contributed by atoms with E-state index in [4.69, 9.17) is 0 Å². The molecule has 0 aromatic heterocycles. The second-order valence-electron chi connectivity index (χ2n) is 10.9. The number of hydrogen-bond donors (Lipinski definition) is 0. The number of anilines is 1. The molecule has 0 heterocycles. The van der Waals surface area contributed by atoms with Crippen LogP contribution >= 0.6 is 0 Å². The van der Waals surface area contributed by atoms with Crippen molar-refractivity contribution >= 4 is 12.0 Å². The molecule has 0 radical (unpaired) electrons. The number of aldehydes is 1. The lowest BCUT2D eigenvalue weighted by Crippen LogP contribution is -2.30. The molecule has 2 aromatic rings. The van der Waals surface area contributed by atoms with Crippen molar-refractivity contribution in [3.05, 3.63) is 88.8 Å². The molecule has 5 rings (SSSR count). The van der Waals surface area contributed by atoms with Crippen LogP contribution in [0.4, 0.5) is 5.69 Å². The average Bonchev–Trinajstić information content (AvgIpc) is 3.04. The van der Waals surface area contributed by atoms with Crippen LogP contribution in [-0.4, -0.2) is 6.29 Å². The van der Waals surface area contributed by atoms with Gasteiger partial charge in [-0.3, -0.25) is 4.79 Å². The molecule has 0 bridgehead atoms. The first kappa shape index (κ1) is 21.9. The Morgan fingerprint density at radius 1 is 0.939 bits per heavy atom. The quantitative estimate of drug-likeness (QED) is 0.451. The van der Waals surface area contributed by atoms with Gasteiger partial charge in [-0.15, -0.1) is 0 Å². The molecule has 0 spiro atoms. The highest BCUT2D eigenvalue weighted by atomic mass is 16.1. The van der Waals surface area contributed by atoms with Gasteiger partial charge in [0.1, 0.15) is 6.29 Å². The van der Waals surface area contributed by atoms with Crippen molar-refractivity contribution in [1.29, 1.82) is 0 Å². The predicted molar refractivity (Wildman–Crippen MR) is 139 cm³/mol. The highest BCUT2D eigenvalue weighted by Crippen LogP contribution is 2.50. The number of carbonyl (C=O) groups excluding carboxylic acids is 1. The summed E-state index contributed by atoms with van der Waals surface area (Å²) in [6, 6.07) is 13.1. The Hall–Kier alpha value is -2.87. The Balaban J connectivity index is 1.64. The zero-order chi connectivity index (χ0) is 23.3. The molecule has 0 amide bonds. The summed E-state index contributed by atoms with van der Waals surface area (Å²) in [6.45, 7) is 11.7. The van der Waals surface area contributed by atoms with E-state index < -0.39 is 0 Å². The summed E-state index contributed by atoms with van der Waals surface area (Å²) in [5.41, 5.74) is 9.84. The van der Waals surface area contributed by atoms with Gasteiger partial charge in [0.25, 0.3) is 0 Å². The Labute approximate surface area is 198 Å². The van der Waals surface area contributed by atoms with E-state index in [0.717, 1.165) is 37.0 Å². The minimum atomic E-state index is -0.138. The molecule has 0 saturated heterocycles. The van der Waals surface area contributed by atoms with Crippen LogP contribution in [0.5, 0.6) is 0 Å². The summed E-state index contributed by atoms with van der Waals surface area (Å²) in [6.07, 6.45) is 13.6. The molecule has 2 heteroatoms. The standard InChI is InChI=1S/C31H35NO/c1-20-10-12-24(16-22(20)3)32(30-9-7-6-8-21(30)2)25-13-15-27-26-14-11-23(19-33)17-28(26)31(4,5)29(27)18-25/h6-7,9,11-15,17-22H,8,10,16H2,1-5H3. The summed E-state index contributed by atoms with van der Waals surface area (Å²) in [7, 11) is 0. The third-order valence-electron chi connectivity index (χ3n) is 8.25. The average molecular weight is 438 g/mol. The molecule has 0 aliphatic heterocycles. The summed E-state index contributed by atoms with van der Waals surface area (Å²) in [5.74, 6) is 1.90. The maximum atomic E-state index is 11.4. The van der Waals surface area contributed by atoms with Gasteiger partial charge in [0.15, 0.2) is 0 Å². The molecule has 33 heavy (non-hydrogen) atoms. The molecule has 3 atom stereocenters. The van der Waals surface area contributed by atoms with Crippen molar-refractivity contribution in [2.75, 3.05) is 4.90 Å². The van der Waals surface area contributed by atoms with E-state index in [-0.39, 0.29) is 5.41 Å². The van der Waals surface area contributed by atoms with Gasteiger partial charge in [-0.1, -0.05) is 71.0 Å². The Bertz CT molecular complexity index is 1200. The van der Waals surface area contributed by atoms with Gasteiger partial charge < -0.3 is 4.90 Å². The summed E-state index contributed by atoms with van der Waals surface area (Å²) in [5, 5.41) is 0. The van der Waals surface area contributed by atoms with Crippen LogP contribution in [0.2, 0.25) is 0 Å². The van der Waals surface area contributed by atoms with Gasteiger partial charge in [-0.2, -0.15) is 0 Å². The highest BCUT2D eigenvalue weighted by Gasteiger charge is 2.37. The van der Waals surface area contributed by atoms with E-state index in [9.17, 15) is 4.79 Å². The molecular weight excluding hydrogens is 402 g/mol. The van der Waals surface area contributed by atoms with Gasteiger partial charge in [-0.05, 0) is 77.6 Å². The van der Waals surface area contributed by atoms with Crippen LogP contribution in [0.25, 0.3) is 11.1 Å². The molecule has 170 valence electrons. The van der Waals surface area contributed by atoms with Crippen molar-refractivity contribution in [3.8, 4) is 11.1 Å². The Morgan fingerprint density at radius 3 is 2.36 bits per heavy atom. The van der Waals surface area contributed by atoms with E-state index in [1.807, 2.05) is 6.07 Å². The minimum Gasteiger partial charge on any atom is -0.318 e. The molecule has 0 N–H and O–H groups in total. The van der Waals surface area contributed by atoms with Crippen molar-refractivity contribution in [2.24, 2.45) is 17.8 Å². The number of nitrogens with zero attached hydrogens (tertiary/aromatic N) is 1. The SMILES string of the molecule is CC1CC=CC=C1N(C1=CCC(C)C(C)C1)c1ccc2c(c1)C(C)(C)c1cc(C=O)ccc1-2. The molecular formula is C31H35NO. The van der Waals surface area contributed by atoms with Crippen LogP contribution in [0.1, 0.15) is 75.4 Å². The van der Waals surface area contributed by atoms with Crippen LogP contribution in [-0.2, 0) is 5.41 Å². The van der Waals surface area contributed by atoms with Crippen molar-refractivity contribution in [1.82, 2.24) is 0 Å². The Morgan fingerprint density at radius 2 is 1.67 bits per heavy atom. The van der Waals surface area contributed by atoms with Crippen LogP contribution in [0.15, 0.2) is 72.1 Å². The van der Waals surface area contributed by atoms with Crippen LogP contribution < -0.4 is 4.90 Å². The summed E-state index contributed by atoms with van der Waals surface area (Å²) in [4.78, 5) is 14.0. The predicted octanol–water partition coefficient (Wildman–Crippen LogP) is 8.04. The number of hydrogen-bond acceptors (Lipinski definition) is 2. The fourth-order valence-electron chi connectivity index (χ4n) is 5.82. The lowest BCUT2D eigenvalue weighted by molar-refractivity contribution is 0.112.